The van der Waals surface area contributed by atoms with Gasteiger partial charge in [0.25, 0.3) is 5.91 Å². The molecule has 6 nitrogen and oxygen atoms in total. The van der Waals surface area contributed by atoms with E-state index in [0.717, 1.165) is 16.8 Å². The van der Waals surface area contributed by atoms with Gasteiger partial charge in [-0.2, -0.15) is 5.10 Å². The van der Waals surface area contributed by atoms with Crippen LogP contribution >= 0.6 is 0 Å². The van der Waals surface area contributed by atoms with Gasteiger partial charge in [-0.1, -0.05) is 66.7 Å². The van der Waals surface area contributed by atoms with Crippen LogP contribution in [0.1, 0.15) is 21.5 Å². The van der Waals surface area contributed by atoms with E-state index in [9.17, 15) is 9.59 Å². The lowest BCUT2D eigenvalue weighted by Gasteiger charge is -2.19. The summed E-state index contributed by atoms with van der Waals surface area (Å²) < 4.78 is 1.64. The van der Waals surface area contributed by atoms with Crippen molar-refractivity contribution in [2.75, 3.05) is 0 Å². The quantitative estimate of drug-likeness (QED) is 0.483. The van der Waals surface area contributed by atoms with E-state index in [1.807, 2.05) is 60.7 Å². The normalized spacial score (nSPS) is 11.6. The van der Waals surface area contributed by atoms with E-state index in [1.54, 1.807) is 35.3 Å². The lowest BCUT2D eigenvalue weighted by molar-refractivity contribution is -0.120. The molecule has 1 amide bonds. The summed E-state index contributed by atoms with van der Waals surface area (Å²) in [6.45, 7) is 0. The Balaban J connectivity index is 1.58. The van der Waals surface area contributed by atoms with Gasteiger partial charge in [-0.05, 0) is 35.7 Å². The van der Waals surface area contributed by atoms with Gasteiger partial charge in [0.2, 0.25) is 0 Å². The van der Waals surface area contributed by atoms with Crippen LogP contribution in [0.3, 0.4) is 0 Å². The van der Waals surface area contributed by atoms with Gasteiger partial charge >= 0.3 is 0 Å². The first-order valence-corrected chi connectivity index (χ1v) is 10.1. The first-order chi connectivity index (χ1) is 15.2. The standard InChI is InChI=1S/C25H22N4O2/c30-24(16-21-13-7-8-14-23(21)29-18-26-17-27-29)22(15-19-9-3-1-4-10-19)28-25(31)20-11-5-2-6-12-20/h1-14,17-18,22H,15-16H2,(H,28,31). The van der Waals surface area contributed by atoms with Crippen molar-refractivity contribution in [3.8, 4) is 5.69 Å². The number of Topliss-reactive ketones (excluding diaryl/α,β-unsaturated/α-hetero) is 1. The number of ketones is 1. The van der Waals surface area contributed by atoms with Gasteiger partial charge < -0.3 is 5.32 Å². The third-order valence-electron chi connectivity index (χ3n) is 5.03. The summed E-state index contributed by atoms with van der Waals surface area (Å²) in [5.74, 6) is -0.333. The predicted molar refractivity (Wildman–Crippen MR) is 118 cm³/mol. The van der Waals surface area contributed by atoms with Gasteiger partial charge in [-0.3, -0.25) is 9.59 Å². The van der Waals surface area contributed by atoms with E-state index in [1.165, 1.54) is 6.33 Å². The smallest absolute Gasteiger partial charge is 0.251 e. The maximum atomic E-state index is 13.3. The Kier molecular flexibility index (Phi) is 6.28. The predicted octanol–water partition coefficient (Wildman–Crippen LogP) is 3.42. The molecule has 154 valence electrons. The van der Waals surface area contributed by atoms with Crippen molar-refractivity contribution in [2.24, 2.45) is 0 Å². The number of carbonyl (C=O) groups excluding carboxylic acids is 2. The highest BCUT2D eigenvalue weighted by Gasteiger charge is 2.23. The van der Waals surface area contributed by atoms with Crippen LogP contribution in [-0.4, -0.2) is 32.5 Å². The van der Waals surface area contributed by atoms with Gasteiger partial charge in [-0.15, -0.1) is 0 Å². The summed E-state index contributed by atoms with van der Waals surface area (Å²) in [6.07, 6.45) is 3.64. The molecular weight excluding hydrogens is 388 g/mol. The van der Waals surface area contributed by atoms with Crippen LogP contribution in [0.5, 0.6) is 0 Å². The van der Waals surface area contributed by atoms with Gasteiger partial charge in [0.15, 0.2) is 5.78 Å². The molecule has 1 atom stereocenters. The van der Waals surface area contributed by atoms with Crippen LogP contribution in [0.15, 0.2) is 97.6 Å². The molecule has 6 heteroatoms. The molecule has 0 bridgehead atoms. The summed E-state index contributed by atoms with van der Waals surface area (Å²) in [6, 6.07) is 25.5. The van der Waals surface area contributed by atoms with Crippen molar-refractivity contribution in [3.63, 3.8) is 0 Å². The maximum absolute atomic E-state index is 13.3. The molecule has 4 aromatic rings. The highest BCUT2D eigenvalue weighted by Crippen LogP contribution is 2.16. The van der Waals surface area contributed by atoms with Crippen LogP contribution in [0.25, 0.3) is 5.69 Å². The average Bonchev–Trinajstić information content (AvgIpc) is 3.35. The molecule has 1 aromatic heterocycles. The number of nitrogens with one attached hydrogen (secondary N) is 1. The largest absolute Gasteiger partial charge is 0.342 e. The van der Waals surface area contributed by atoms with Crippen molar-refractivity contribution < 1.29 is 9.59 Å². The monoisotopic (exact) mass is 410 g/mol. The number of nitrogens with zero attached hydrogens (tertiary/aromatic N) is 3. The van der Waals surface area contributed by atoms with Crippen LogP contribution in [0, 0.1) is 0 Å². The number of hydrogen-bond donors (Lipinski definition) is 1. The van der Waals surface area contributed by atoms with Gasteiger partial charge in [0, 0.05) is 12.0 Å². The van der Waals surface area contributed by atoms with E-state index in [0.29, 0.717) is 12.0 Å². The Morgan fingerprint density at radius 1 is 0.871 bits per heavy atom. The highest BCUT2D eigenvalue weighted by molar-refractivity contribution is 5.98. The first-order valence-electron chi connectivity index (χ1n) is 10.1. The zero-order valence-electron chi connectivity index (χ0n) is 16.9. The van der Waals surface area contributed by atoms with Crippen LogP contribution in [-0.2, 0) is 17.6 Å². The van der Waals surface area contributed by atoms with Crippen LogP contribution in [0.2, 0.25) is 0 Å². The molecule has 31 heavy (non-hydrogen) atoms. The van der Waals surface area contributed by atoms with Gasteiger partial charge in [-0.25, -0.2) is 9.67 Å². The summed E-state index contributed by atoms with van der Waals surface area (Å²) in [5, 5.41) is 7.11. The molecule has 0 saturated heterocycles. The number of aromatic nitrogens is 3. The second-order valence-corrected chi connectivity index (χ2v) is 7.19. The van der Waals surface area contributed by atoms with Crippen LogP contribution in [0.4, 0.5) is 0 Å². The summed E-state index contributed by atoms with van der Waals surface area (Å²) >= 11 is 0. The Morgan fingerprint density at radius 2 is 1.55 bits per heavy atom. The molecule has 0 aliphatic heterocycles. The lowest BCUT2D eigenvalue weighted by Crippen LogP contribution is -2.43. The lowest BCUT2D eigenvalue weighted by atomic mass is 9.96. The fourth-order valence-electron chi connectivity index (χ4n) is 3.45. The molecule has 0 aliphatic carbocycles. The molecule has 1 unspecified atom stereocenters. The highest BCUT2D eigenvalue weighted by atomic mass is 16.2. The molecule has 0 fully saturated rings. The molecule has 0 aliphatic rings. The Hall–Kier alpha value is -4.06. The summed E-state index contributed by atoms with van der Waals surface area (Å²) in [7, 11) is 0. The Labute approximate surface area is 180 Å². The average molecular weight is 410 g/mol. The topological polar surface area (TPSA) is 76.9 Å². The number of amides is 1. The van der Waals surface area contributed by atoms with Crippen molar-refractivity contribution >= 4 is 11.7 Å². The first kappa shape index (κ1) is 20.2. The SMILES string of the molecule is O=C(NC(Cc1ccccc1)C(=O)Cc1ccccc1-n1cncn1)c1ccccc1. The maximum Gasteiger partial charge on any atom is 0.251 e. The molecular formula is C25H22N4O2. The Morgan fingerprint density at radius 3 is 2.26 bits per heavy atom. The second-order valence-electron chi connectivity index (χ2n) is 7.19. The minimum absolute atomic E-state index is 0.0688. The van der Waals surface area contributed by atoms with E-state index >= 15 is 0 Å². The minimum atomic E-state index is -0.654. The number of hydrogen-bond acceptors (Lipinski definition) is 4. The van der Waals surface area contributed by atoms with Crippen molar-refractivity contribution in [2.45, 2.75) is 18.9 Å². The molecule has 4 rings (SSSR count). The van der Waals surface area contributed by atoms with E-state index in [2.05, 4.69) is 15.4 Å². The van der Waals surface area contributed by atoms with E-state index < -0.39 is 6.04 Å². The second kappa shape index (κ2) is 9.63. The van der Waals surface area contributed by atoms with E-state index in [4.69, 9.17) is 0 Å². The van der Waals surface area contributed by atoms with Gasteiger partial charge in [0.1, 0.15) is 12.7 Å². The third kappa shape index (κ3) is 5.11. The molecule has 1 N–H and O–H groups in total. The molecule has 0 saturated carbocycles. The van der Waals surface area contributed by atoms with Crippen molar-refractivity contribution in [1.29, 1.82) is 0 Å². The zero-order valence-corrected chi connectivity index (χ0v) is 16.9. The Bertz CT molecular complexity index is 1140. The van der Waals surface area contributed by atoms with Crippen molar-refractivity contribution in [3.05, 3.63) is 114 Å². The molecule has 1 heterocycles. The molecule has 0 spiro atoms. The number of carbonyl (C=O) groups is 2. The minimum Gasteiger partial charge on any atom is -0.342 e. The molecule has 3 aromatic carbocycles. The van der Waals surface area contributed by atoms with Crippen molar-refractivity contribution in [1.82, 2.24) is 20.1 Å². The zero-order chi connectivity index (χ0) is 21.5. The summed E-state index contributed by atoms with van der Waals surface area (Å²) in [4.78, 5) is 30.1. The van der Waals surface area contributed by atoms with E-state index in [-0.39, 0.29) is 18.1 Å². The number of benzene rings is 3. The van der Waals surface area contributed by atoms with Gasteiger partial charge in [0.05, 0.1) is 11.7 Å². The fraction of sp³-hybridized carbons (Fsp3) is 0.120. The number of rotatable bonds is 8. The fourth-order valence-corrected chi connectivity index (χ4v) is 3.45. The van der Waals surface area contributed by atoms with Crippen LogP contribution < -0.4 is 5.32 Å². The molecule has 0 radical (unpaired) electrons. The number of para-hydroxylation sites is 1. The summed E-state index contributed by atoms with van der Waals surface area (Å²) in [5.41, 5.74) is 3.13. The third-order valence-corrected chi connectivity index (χ3v) is 5.03.